The summed E-state index contributed by atoms with van der Waals surface area (Å²) in [6.45, 7) is 0.649. The Morgan fingerprint density at radius 3 is 2.59 bits per heavy atom. The zero-order chi connectivity index (χ0) is 13.3. The van der Waals surface area contributed by atoms with Gasteiger partial charge in [-0.15, -0.1) is 0 Å². The first kappa shape index (κ1) is 13.8. The molecule has 2 amide bonds. The Labute approximate surface area is 96.1 Å². The molecule has 0 bridgehead atoms. The number of carbonyl (C=O) groups is 2. The van der Waals surface area contributed by atoms with Gasteiger partial charge in [0.1, 0.15) is 0 Å². The van der Waals surface area contributed by atoms with Crippen LogP contribution in [0, 0.1) is 0 Å². The summed E-state index contributed by atoms with van der Waals surface area (Å²) < 4.78 is 37.7. The predicted octanol–water partition coefficient (Wildman–Crippen LogP) is -0.385. The monoisotopic (exact) mass is 253 g/mol. The number of nitrogens with one attached hydrogen (secondary N) is 1. The fourth-order valence-corrected chi connectivity index (χ4v) is 1.43. The van der Waals surface area contributed by atoms with Gasteiger partial charge in [-0.1, -0.05) is 0 Å². The van der Waals surface area contributed by atoms with Crippen LogP contribution >= 0.6 is 0 Å². The van der Waals surface area contributed by atoms with E-state index in [4.69, 9.17) is 5.73 Å². The standard InChI is InChI=1S/C9H14F3N3O2/c1-8(13,9(10,11)12)7(17)15-4-2-3-14-6(16)5-15/h2-5,13H2,1H3,(H,14,16). The molecular weight excluding hydrogens is 239 g/mol. The van der Waals surface area contributed by atoms with Crippen LogP contribution in [0.25, 0.3) is 0 Å². The van der Waals surface area contributed by atoms with Gasteiger partial charge in [0.05, 0.1) is 6.54 Å². The maximum absolute atomic E-state index is 12.6. The van der Waals surface area contributed by atoms with Crippen molar-refractivity contribution in [3.63, 3.8) is 0 Å². The van der Waals surface area contributed by atoms with Crippen LogP contribution < -0.4 is 11.1 Å². The quantitative estimate of drug-likeness (QED) is 0.668. The van der Waals surface area contributed by atoms with Gasteiger partial charge in [0, 0.05) is 13.1 Å². The molecule has 0 aromatic carbocycles. The molecule has 0 saturated carbocycles. The van der Waals surface area contributed by atoms with E-state index >= 15 is 0 Å². The van der Waals surface area contributed by atoms with Crippen LogP contribution in [0.2, 0.25) is 0 Å². The average Bonchev–Trinajstić information content (AvgIpc) is 2.39. The molecule has 0 aliphatic carbocycles. The number of rotatable bonds is 1. The maximum atomic E-state index is 12.6. The molecule has 1 atom stereocenters. The summed E-state index contributed by atoms with van der Waals surface area (Å²) in [4.78, 5) is 23.7. The van der Waals surface area contributed by atoms with Crippen molar-refractivity contribution in [1.82, 2.24) is 10.2 Å². The lowest BCUT2D eigenvalue weighted by molar-refractivity contribution is -0.193. The SMILES string of the molecule is CC(N)(C(=O)N1CCCNC(=O)C1)C(F)(F)F. The number of amides is 2. The first-order valence-electron chi connectivity index (χ1n) is 5.08. The number of hydrogen-bond acceptors (Lipinski definition) is 3. The van der Waals surface area contributed by atoms with E-state index < -0.39 is 23.5 Å². The summed E-state index contributed by atoms with van der Waals surface area (Å²) in [5.74, 6) is -1.75. The van der Waals surface area contributed by atoms with Gasteiger partial charge in [-0.2, -0.15) is 13.2 Å². The fraction of sp³-hybridized carbons (Fsp3) is 0.778. The minimum atomic E-state index is -4.84. The van der Waals surface area contributed by atoms with E-state index in [0.29, 0.717) is 19.9 Å². The minimum Gasteiger partial charge on any atom is -0.354 e. The molecule has 1 heterocycles. The number of alkyl halides is 3. The minimum absolute atomic E-state index is 0.0838. The summed E-state index contributed by atoms with van der Waals surface area (Å²) in [5, 5.41) is 2.46. The molecule has 98 valence electrons. The van der Waals surface area contributed by atoms with E-state index in [1.807, 2.05) is 0 Å². The molecule has 0 radical (unpaired) electrons. The molecule has 0 aromatic heterocycles. The third-order valence-corrected chi connectivity index (χ3v) is 2.58. The second-order valence-corrected chi connectivity index (χ2v) is 4.13. The lowest BCUT2D eigenvalue weighted by atomic mass is 10.0. The largest absolute Gasteiger partial charge is 0.415 e. The van der Waals surface area contributed by atoms with Gasteiger partial charge < -0.3 is 16.0 Å². The molecule has 1 saturated heterocycles. The van der Waals surface area contributed by atoms with Gasteiger partial charge in [-0.3, -0.25) is 9.59 Å². The molecule has 1 aliphatic rings. The zero-order valence-corrected chi connectivity index (χ0v) is 9.30. The van der Waals surface area contributed by atoms with E-state index in [2.05, 4.69) is 5.32 Å². The molecule has 1 unspecified atom stereocenters. The molecule has 0 spiro atoms. The highest BCUT2D eigenvalue weighted by Gasteiger charge is 2.55. The Morgan fingerprint density at radius 2 is 2.06 bits per heavy atom. The van der Waals surface area contributed by atoms with E-state index in [0.717, 1.165) is 4.90 Å². The second kappa shape index (κ2) is 4.52. The van der Waals surface area contributed by atoms with Gasteiger partial charge in [0.25, 0.3) is 5.91 Å². The Bertz CT molecular complexity index is 328. The van der Waals surface area contributed by atoms with Gasteiger partial charge in [-0.05, 0) is 13.3 Å². The van der Waals surface area contributed by atoms with Crippen molar-refractivity contribution >= 4 is 11.8 Å². The molecule has 5 nitrogen and oxygen atoms in total. The highest BCUT2D eigenvalue weighted by Crippen LogP contribution is 2.29. The Morgan fingerprint density at radius 1 is 1.47 bits per heavy atom. The molecule has 8 heteroatoms. The van der Waals surface area contributed by atoms with Crippen molar-refractivity contribution < 1.29 is 22.8 Å². The first-order valence-corrected chi connectivity index (χ1v) is 5.08. The summed E-state index contributed by atoms with van der Waals surface area (Å²) in [7, 11) is 0. The number of halogens is 3. The Hall–Kier alpha value is -1.31. The third kappa shape index (κ3) is 2.87. The highest BCUT2D eigenvalue weighted by molar-refractivity contribution is 5.90. The van der Waals surface area contributed by atoms with Crippen LogP contribution in [-0.2, 0) is 9.59 Å². The number of hydrogen-bond donors (Lipinski definition) is 2. The molecule has 1 rings (SSSR count). The van der Waals surface area contributed by atoms with Gasteiger partial charge in [-0.25, -0.2) is 0 Å². The molecule has 17 heavy (non-hydrogen) atoms. The van der Waals surface area contributed by atoms with Gasteiger partial charge >= 0.3 is 6.18 Å². The van der Waals surface area contributed by atoms with Crippen molar-refractivity contribution in [2.75, 3.05) is 19.6 Å². The summed E-state index contributed by atoms with van der Waals surface area (Å²) >= 11 is 0. The smallest absolute Gasteiger partial charge is 0.354 e. The van der Waals surface area contributed by atoms with Gasteiger partial charge in [0.15, 0.2) is 5.54 Å². The normalized spacial score (nSPS) is 21.5. The predicted molar refractivity (Wildman–Crippen MR) is 52.9 cm³/mol. The van der Waals surface area contributed by atoms with Crippen LogP contribution in [-0.4, -0.2) is 48.1 Å². The third-order valence-electron chi connectivity index (χ3n) is 2.58. The maximum Gasteiger partial charge on any atom is 0.415 e. The van der Waals surface area contributed by atoms with Crippen LogP contribution in [0.15, 0.2) is 0 Å². The second-order valence-electron chi connectivity index (χ2n) is 4.13. The van der Waals surface area contributed by atoms with Crippen LogP contribution in [0.1, 0.15) is 13.3 Å². The average molecular weight is 253 g/mol. The summed E-state index contributed by atoms with van der Waals surface area (Å²) in [6.07, 6.45) is -4.43. The molecular formula is C9H14F3N3O2. The van der Waals surface area contributed by atoms with Crippen molar-refractivity contribution in [1.29, 1.82) is 0 Å². The zero-order valence-electron chi connectivity index (χ0n) is 9.30. The fourth-order valence-electron chi connectivity index (χ4n) is 1.43. The van der Waals surface area contributed by atoms with Crippen molar-refractivity contribution in [3.8, 4) is 0 Å². The lowest BCUT2D eigenvalue weighted by Crippen LogP contribution is -2.62. The Kier molecular flexibility index (Phi) is 3.65. The highest BCUT2D eigenvalue weighted by atomic mass is 19.4. The van der Waals surface area contributed by atoms with Gasteiger partial charge in [0.2, 0.25) is 5.91 Å². The van der Waals surface area contributed by atoms with Crippen LogP contribution in [0.3, 0.4) is 0 Å². The number of nitrogens with two attached hydrogens (primary N) is 1. The number of carbonyl (C=O) groups excluding carboxylic acids is 2. The summed E-state index contributed by atoms with van der Waals surface area (Å²) in [5.41, 5.74) is 2.06. The van der Waals surface area contributed by atoms with Crippen molar-refractivity contribution in [2.45, 2.75) is 25.1 Å². The molecule has 3 N–H and O–H groups in total. The van der Waals surface area contributed by atoms with Crippen molar-refractivity contribution in [2.24, 2.45) is 5.73 Å². The molecule has 1 fully saturated rings. The first-order chi connectivity index (χ1) is 7.66. The van der Waals surface area contributed by atoms with E-state index in [1.54, 1.807) is 0 Å². The van der Waals surface area contributed by atoms with Crippen molar-refractivity contribution in [3.05, 3.63) is 0 Å². The Balaban J connectivity index is 2.85. The topological polar surface area (TPSA) is 75.4 Å². The summed E-state index contributed by atoms with van der Waals surface area (Å²) in [6, 6.07) is 0. The molecule has 1 aliphatic heterocycles. The van der Waals surface area contributed by atoms with Crippen LogP contribution in [0.5, 0.6) is 0 Å². The van der Waals surface area contributed by atoms with E-state index in [1.165, 1.54) is 0 Å². The lowest BCUT2D eigenvalue weighted by Gasteiger charge is -2.31. The molecule has 0 aromatic rings. The van der Waals surface area contributed by atoms with Crippen LogP contribution in [0.4, 0.5) is 13.2 Å². The van der Waals surface area contributed by atoms with E-state index in [9.17, 15) is 22.8 Å². The van der Waals surface area contributed by atoms with E-state index in [-0.39, 0.29) is 13.1 Å². The number of nitrogens with zero attached hydrogens (tertiary/aromatic N) is 1.